The summed E-state index contributed by atoms with van der Waals surface area (Å²) in [5.74, 6) is 0.0761. The van der Waals surface area contributed by atoms with Crippen LogP contribution >= 0.6 is 0 Å². The van der Waals surface area contributed by atoms with E-state index in [1.165, 1.54) is 0 Å². The first-order valence-electron chi connectivity index (χ1n) is 6.14. The van der Waals surface area contributed by atoms with E-state index in [0.717, 1.165) is 5.56 Å². The highest BCUT2D eigenvalue weighted by Gasteiger charge is 2.18. The quantitative estimate of drug-likeness (QED) is 0.921. The second kappa shape index (κ2) is 5.62. The average Bonchev–Trinajstić information content (AvgIpc) is 2.29. The van der Waals surface area contributed by atoms with E-state index in [0.29, 0.717) is 17.7 Å². The van der Waals surface area contributed by atoms with Crippen molar-refractivity contribution in [3.8, 4) is 6.07 Å². The minimum Gasteiger partial charge on any atom is -0.283 e. The van der Waals surface area contributed by atoms with Gasteiger partial charge in [0, 0.05) is 0 Å². The molecular formula is C14H20N2O2S. The van der Waals surface area contributed by atoms with Crippen LogP contribution < -0.4 is 4.72 Å². The molecule has 0 aliphatic carbocycles. The number of rotatable bonds is 4. The summed E-state index contributed by atoms with van der Waals surface area (Å²) in [6.07, 6.45) is 0.583. The van der Waals surface area contributed by atoms with Crippen molar-refractivity contribution in [2.75, 3.05) is 10.5 Å². The number of nitrogens with one attached hydrogen (secondary N) is 1. The Kier molecular flexibility index (Phi) is 4.59. The van der Waals surface area contributed by atoms with Gasteiger partial charge in [0.05, 0.1) is 23.1 Å². The van der Waals surface area contributed by atoms with Crippen LogP contribution in [0.25, 0.3) is 0 Å². The first-order chi connectivity index (χ1) is 8.63. The van der Waals surface area contributed by atoms with Gasteiger partial charge in [-0.15, -0.1) is 0 Å². The minimum atomic E-state index is -3.37. The number of nitrogens with zero attached hydrogens (tertiary/aromatic N) is 1. The lowest BCUT2D eigenvalue weighted by molar-refractivity contribution is 0.397. The van der Waals surface area contributed by atoms with Gasteiger partial charge in [0.15, 0.2) is 0 Å². The molecule has 0 spiro atoms. The van der Waals surface area contributed by atoms with Gasteiger partial charge in [0.25, 0.3) is 0 Å². The van der Waals surface area contributed by atoms with Crippen LogP contribution in [0, 0.1) is 23.7 Å². The molecule has 1 rings (SSSR count). The molecule has 0 aliphatic rings. The Bertz CT molecular complexity index is 593. The van der Waals surface area contributed by atoms with E-state index in [4.69, 9.17) is 5.26 Å². The lowest BCUT2D eigenvalue weighted by Crippen LogP contribution is -2.21. The number of benzene rings is 1. The van der Waals surface area contributed by atoms with Gasteiger partial charge in [0.1, 0.15) is 0 Å². The van der Waals surface area contributed by atoms with Crippen molar-refractivity contribution in [3.05, 3.63) is 29.3 Å². The van der Waals surface area contributed by atoms with Gasteiger partial charge in [-0.2, -0.15) is 5.26 Å². The van der Waals surface area contributed by atoms with Crippen LogP contribution in [0.4, 0.5) is 5.69 Å². The van der Waals surface area contributed by atoms with Gasteiger partial charge in [-0.3, -0.25) is 4.72 Å². The summed E-state index contributed by atoms with van der Waals surface area (Å²) in [4.78, 5) is 0. The fourth-order valence-corrected chi connectivity index (χ4v) is 3.00. The molecule has 104 valence electrons. The van der Waals surface area contributed by atoms with E-state index in [9.17, 15) is 8.42 Å². The lowest BCUT2D eigenvalue weighted by atomic mass is 9.94. The summed E-state index contributed by atoms with van der Waals surface area (Å²) in [5, 5.41) is 8.83. The molecule has 4 nitrogen and oxygen atoms in total. The number of hydrogen-bond donors (Lipinski definition) is 1. The molecule has 0 unspecified atom stereocenters. The molecule has 0 aromatic heterocycles. The Morgan fingerprint density at radius 2 is 1.95 bits per heavy atom. The summed E-state index contributed by atoms with van der Waals surface area (Å²) >= 11 is 0. The predicted molar refractivity (Wildman–Crippen MR) is 77.4 cm³/mol. The van der Waals surface area contributed by atoms with Gasteiger partial charge < -0.3 is 0 Å². The van der Waals surface area contributed by atoms with Crippen LogP contribution in [0.5, 0.6) is 0 Å². The Morgan fingerprint density at radius 1 is 1.32 bits per heavy atom. The number of aryl methyl sites for hydroxylation is 1. The number of nitriles is 1. The van der Waals surface area contributed by atoms with Crippen molar-refractivity contribution in [3.63, 3.8) is 0 Å². The smallest absolute Gasteiger partial charge is 0.232 e. The van der Waals surface area contributed by atoms with E-state index in [-0.39, 0.29) is 11.2 Å². The maximum absolute atomic E-state index is 12.0. The van der Waals surface area contributed by atoms with E-state index >= 15 is 0 Å². The van der Waals surface area contributed by atoms with Crippen molar-refractivity contribution in [2.24, 2.45) is 5.41 Å². The normalized spacial score (nSPS) is 11.9. The summed E-state index contributed by atoms with van der Waals surface area (Å²) in [7, 11) is -3.37. The Labute approximate surface area is 115 Å². The standard InChI is InChI=1S/C14H20N2O2S/c1-11-5-6-12(10-15)9-13(11)16-19(17,18)8-7-14(2,3)4/h5-6,9,16H,7-8H2,1-4H3. The highest BCUT2D eigenvalue weighted by Crippen LogP contribution is 2.22. The maximum atomic E-state index is 12.0. The maximum Gasteiger partial charge on any atom is 0.232 e. The van der Waals surface area contributed by atoms with Crippen LogP contribution in [0.2, 0.25) is 0 Å². The molecule has 1 N–H and O–H groups in total. The van der Waals surface area contributed by atoms with E-state index < -0.39 is 10.0 Å². The van der Waals surface area contributed by atoms with Crippen molar-refractivity contribution in [2.45, 2.75) is 34.1 Å². The van der Waals surface area contributed by atoms with Crippen molar-refractivity contribution in [1.82, 2.24) is 0 Å². The van der Waals surface area contributed by atoms with Crippen molar-refractivity contribution < 1.29 is 8.42 Å². The first kappa shape index (κ1) is 15.5. The molecule has 0 amide bonds. The molecule has 0 aliphatic heterocycles. The number of sulfonamides is 1. The second-order valence-electron chi connectivity index (χ2n) is 5.87. The van der Waals surface area contributed by atoms with Crippen LogP contribution in [0.1, 0.15) is 38.3 Å². The Morgan fingerprint density at radius 3 is 2.47 bits per heavy atom. The average molecular weight is 280 g/mol. The SMILES string of the molecule is Cc1ccc(C#N)cc1NS(=O)(=O)CCC(C)(C)C. The summed E-state index contributed by atoms with van der Waals surface area (Å²) in [6.45, 7) is 7.82. The Hall–Kier alpha value is -1.54. The summed E-state index contributed by atoms with van der Waals surface area (Å²) in [6, 6.07) is 6.97. The van der Waals surface area contributed by atoms with Crippen molar-refractivity contribution >= 4 is 15.7 Å². The van der Waals surface area contributed by atoms with E-state index in [1.54, 1.807) is 18.2 Å². The van der Waals surface area contributed by atoms with E-state index in [1.807, 2.05) is 33.8 Å². The van der Waals surface area contributed by atoms with Gasteiger partial charge >= 0.3 is 0 Å². The molecule has 0 saturated heterocycles. The molecule has 0 bridgehead atoms. The number of hydrogen-bond acceptors (Lipinski definition) is 3. The van der Waals surface area contributed by atoms with Crippen molar-refractivity contribution in [1.29, 1.82) is 5.26 Å². The first-order valence-corrected chi connectivity index (χ1v) is 7.79. The van der Waals surface area contributed by atoms with Crippen LogP contribution in [0.3, 0.4) is 0 Å². The third kappa shape index (κ3) is 5.31. The second-order valence-corrected chi connectivity index (χ2v) is 7.71. The molecule has 0 fully saturated rings. The van der Waals surface area contributed by atoms with E-state index in [2.05, 4.69) is 4.72 Å². The minimum absolute atomic E-state index is 0.0295. The zero-order valence-electron chi connectivity index (χ0n) is 11.8. The zero-order chi connectivity index (χ0) is 14.7. The Balaban J connectivity index is 2.87. The predicted octanol–water partition coefficient (Wildman–Crippen LogP) is 3.04. The molecule has 1 aromatic carbocycles. The molecule has 0 atom stereocenters. The highest BCUT2D eigenvalue weighted by molar-refractivity contribution is 7.92. The van der Waals surface area contributed by atoms with Gasteiger partial charge in [-0.05, 0) is 36.5 Å². The third-order valence-corrected chi connectivity index (χ3v) is 4.03. The monoisotopic (exact) mass is 280 g/mol. The fourth-order valence-electron chi connectivity index (χ4n) is 1.46. The van der Waals surface area contributed by atoms with Crippen LogP contribution in [0.15, 0.2) is 18.2 Å². The highest BCUT2D eigenvalue weighted by atomic mass is 32.2. The summed E-state index contributed by atoms with van der Waals surface area (Å²) < 4.78 is 26.6. The summed E-state index contributed by atoms with van der Waals surface area (Å²) in [5.41, 5.74) is 1.70. The zero-order valence-corrected chi connectivity index (χ0v) is 12.6. The van der Waals surface area contributed by atoms with Gasteiger partial charge in [0.2, 0.25) is 10.0 Å². The molecule has 0 heterocycles. The lowest BCUT2D eigenvalue weighted by Gasteiger charge is -2.18. The van der Waals surface area contributed by atoms with Crippen LogP contribution in [-0.2, 0) is 10.0 Å². The molecule has 5 heteroatoms. The molecule has 19 heavy (non-hydrogen) atoms. The molecule has 0 saturated carbocycles. The molecular weight excluding hydrogens is 260 g/mol. The molecule has 0 radical (unpaired) electrons. The largest absolute Gasteiger partial charge is 0.283 e. The van der Waals surface area contributed by atoms with Crippen LogP contribution in [-0.4, -0.2) is 14.2 Å². The van der Waals surface area contributed by atoms with Gasteiger partial charge in [-0.25, -0.2) is 8.42 Å². The molecule has 1 aromatic rings. The van der Waals surface area contributed by atoms with Gasteiger partial charge in [-0.1, -0.05) is 26.8 Å². The topological polar surface area (TPSA) is 70.0 Å². The third-order valence-electron chi connectivity index (χ3n) is 2.75. The fraction of sp³-hybridized carbons (Fsp3) is 0.500. The number of anilines is 1.